The molecule has 1 aromatic rings. The van der Waals surface area contributed by atoms with Crippen molar-refractivity contribution in [1.82, 2.24) is 4.98 Å². The maximum absolute atomic E-state index is 5.79. The summed E-state index contributed by atoms with van der Waals surface area (Å²) in [7, 11) is 0. The van der Waals surface area contributed by atoms with Gasteiger partial charge in [0, 0.05) is 6.20 Å². The van der Waals surface area contributed by atoms with Crippen molar-refractivity contribution in [3.8, 4) is 0 Å². The summed E-state index contributed by atoms with van der Waals surface area (Å²) < 4.78 is 0. The number of pyridine rings is 1. The lowest BCUT2D eigenvalue weighted by Gasteiger charge is -2.07. The molecule has 0 aliphatic rings. The zero-order valence-corrected chi connectivity index (χ0v) is 7.54. The molecular weight excluding hydrogens is 148 g/mol. The molecule has 1 heterocycles. The van der Waals surface area contributed by atoms with Gasteiger partial charge < -0.3 is 5.73 Å². The maximum atomic E-state index is 5.79. The molecule has 0 amide bonds. The molecular formula is C10H14N2. The van der Waals surface area contributed by atoms with E-state index in [1.807, 2.05) is 6.07 Å². The predicted molar refractivity (Wildman–Crippen MR) is 52.8 cm³/mol. The van der Waals surface area contributed by atoms with E-state index in [2.05, 4.69) is 25.4 Å². The van der Waals surface area contributed by atoms with Gasteiger partial charge in [0.25, 0.3) is 0 Å². The quantitative estimate of drug-likeness (QED) is 0.725. The highest BCUT2D eigenvalue weighted by atomic mass is 14.7. The molecule has 0 saturated carbocycles. The third-order valence-electron chi connectivity index (χ3n) is 1.75. The highest BCUT2D eigenvalue weighted by molar-refractivity contribution is 5.55. The lowest BCUT2D eigenvalue weighted by Crippen LogP contribution is -1.99. The SMILES string of the molecule is C=Cc1cnc(C(C)C)c(N)c1. The summed E-state index contributed by atoms with van der Waals surface area (Å²) in [5.74, 6) is 0.379. The lowest BCUT2D eigenvalue weighted by atomic mass is 10.1. The van der Waals surface area contributed by atoms with Crippen molar-refractivity contribution >= 4 is 11.8 Å². The summed E-state index contributed by atoms with van der Waals surface area (Å²) in [6, 6.07) is 1.90. The van der Waals surface area contributed by atoms with Gasteiger partial charge in [-0.15, -0.1) is 0 Å². The van der Waals surface area contributed by atoms with Crippen molar-refractivity contribution in [2.24, 2.45) is 0 Å². The number of hydrogen-bond acceptors (Lipinski definition) is 2. The van der Waals surface area contributed by atoms with E-state index in [0.717, 1.165) is 16.9 Å². The van der Waals surface area contributed by atoms with E-state index in [1.165, 1.54) is 0 Å². The molecule has 0 saturated heterocycles. The Kier molecular flexibility index (Phi) is 2.48. The molecule has 2 heteroatoms. The Labute approximate surface area is 73.1 Å². The highest BCUT2D eigenvalue weighted by Gasteiger charge is 2.04. The molecule has 64 valence electrons. The zero-order chi connectivity index (χ0) is 9.14. The van der Waals surface area contributed by atoms with Crippen LogP contribution >= 0.6 is 0 Å². The van der Waals surface area contributed by atoms with E-state index in [1.54, 1.807) is 12.3 Å². The maximum Gasteiger partial charge on any atom is 0.0658 e. The summed E-state index contributed by atoms with van der Waals surface area (Å²) in [4.78, 5) is 4.25. The number of hydrogen-bond donors (Lipinski definition) is 1. The van der Waals surface area contributed by atoms with Gasteiger partial charge in [0.1, 0.15) is 0 Å². The van der Waals surface area contributed by atoms with Gasteiger partial charge in [-0.3, -0.25) is 4.98 Å². The Bertz CT molecular complexity index is 290. The van der Waals surface area contributed by atoms with Gasteiger partial charge in [0.2, 0.25) is 0 Å². The van der Waals surface area contributed by atoms with Gasteiger partial charge in [0.15, 0.2) is 0 Å². The standard InChI is InChI=1S/C10H14N2/c1-4-8-5-9(11)10(7(2)3)12-6-8/h4-7H,1,11H2,2-3H3. The van der Waals surface area contributed by atoms with Crippen molar-refractivity contribution in [1.29, 1.82) is 0 Å². The normalized spacial score (nSPS) is 10.2. The Balaban J connectivity index is 3.11. The van der Waals surface area contributed by atoms with Crippen molar-refractivity contribution < 1.29 is 0 Å². The Hall–Kier alpha value is -1.31. The minimum Gasteiger partial charge on any atom is -0.397 e. The first kappa shape index (κ1) is 8.78. The first-order valence-electron chi connectivity index (χ1n) is 4.03. The minimum atomic E-state index is 0.379. The molecule has 0 radical (unpaired) electrons. The molecule has 0 spiro atoms. The second-order valence-corrected chi connectivity index (χ2v) is 3.10. The van der Waals surface area contributed by atoms with Crippen molar-refractivity contribution in [3.63, 3.8) is 0 Å². The summed E-state index contributed by atoms with van der Waals surface area (Å²) in [5, 5.41) is 0. The van der Waals surface area contributed by atoms with Crippen LogP contribution in [0.25, 0.3) is 6.08 Å². The second-order valence-electron chi connectivity index (χ2n) is 3.10. The largest absolute Gasteiger partial charge is 0.397 e. The van der Waals surface area contributed by atoms with Crippen molar-refractivity contribution in [3.05, 3.63) is 30.1 Å². The molecule has 1 aromatic heterocycles. The van der Waals surface area contributed by atoms with Crippen LogP contribution in [0, 0.1) is 0 Å². The van der Waals surface area contributed by atoms with E-state index in [-0.39, 0.29) is 0 Å². The van der Waals surface area contributed by atoms with E-state index < -0.39 is 0 Å². The van der Waals surface area contributed by atoms with Gasteiger partial charge in [-0.05, 0) is 17.5 Å². The number of nitrogens with zero attached hydrogens (tertiary/aromatic N) is 1. The topological polar surface area (TPSA) is 38.9 Å². The second kappa shape index (κ2) is 3.39. The zero-order valence-electron chi connectivity index (χ0n) is 7.54. The highest BCUT2D eigenvalue weighted by Crippen LogP contribution is 2.19. The molecule has 0 bridgehead atoms. The van der Waals surface area contributed by atoms with E-state index in [0.29, 0.717) is 5.92 Å². The van der Waals surface area contributed by atoms with Crippen LogP contribution in [0.5, 0.6) is 0 Å². The van der Waals surface area contributed by atoms with E-state index >= 15 is 0 Å². The molecule has 1 rings (SSSR count). The average Bonchev–Trinajstić information content (AvgIpc) is 2.03. The van der Waals surface area contributed by atoms with Crippen molar-refractivity contribution in [2.45, 2.75) is 19.8 Å². The molecule has 2 N–H and O–H groups in total. The van der Waals surface area contributed by atoms with Crippen LogP contribution in [0.4, 0.5) is 5.69 Å². The summed E-state index contributed by atoms with van der Waals surface area (Å²) >= 11 is 0. The van der Waals surface area contributed by atoms with Gasteiger partial charge in [0.05, 0.1) is 11.4 Å². The summed E-state index contributed by atoms with van der Waals surface area (Å²) in [6.45, 7) is 7.80. The molecule has 0 aliphatic carbocycles. The number of anilines is 1. The molecule has 0 fully saturated rings. The van der Waals surface area contributed by atoms with Crippen LogP contribution in [0.2, 0.25) is 0 Å². The van der Waals surface area contributed by atoms with Crippen LogP contribution in [-0.4, -0.2) is 4.98 Å². The summed E-state index contributed by atoms with van der Waals surface area (Å²) in [6.07, 6.45) is 3.53. The third kappa shape index (κ3) is 1.64. The monoisotopic (exact) mass is 162 g/mol. The van der Waals surface area contributed by atoms with E-state index in [9.17, 15) is 0 Å². The molecule has 2 nitrogen and oxygen atoms in total. The van der Waals surface area contributed by atoms with Gasteiger partial charge in [-0.2, -0.15) is 0 Å². The lowest BCUT2D eigenvalue weighted by molar-refractivity contribution is 0.826. The molecule has 0 unspecified atom stereocenters. The van der Waals surface area contributed by atoms with Crippen LogP contribution in [0.15, 0.2) is 18.8 Å². The van der Waals surface area contributed by atoms with Crippen LogP contribution in [0.1, 0.15) is 31.0 Å². The van der Waals surface area contributed by atoms with Gasteiger partial charge in [-0.1, -0.05) is 26.5 Å². The van der Waals surface area contributed by atoms with Crippen molar-refractivity contribution in [2.75, 3.05) is 5.73 Å². The van der Waals surface area contributed by atoms with Gasteiger partial charge >= 0.3 is 0 Å². The predicted octanol–water partition coefficient (Wildman–Crippen LogP) is 2.43. The van der Waals surface area contributed by atoms with Crippen LogP contribution < -0.4 is 5.73 Å². The molecule has 0 aromatic carbocycles. The summed E-state index contributed by atoms with van der Waals surface area (Å²) in [5.41, 5.74) is 8.47. The fourth-order valence-corrected chi connectivity index (χ4v) is 1.10. The van der Waals surface area contributed by atoms with E-state index in [4.69, 9.17) is 5.73 Å². The smallest absolute Gasteiger partial charge is 0.0658 e. The Morgan fingerprint density at radius 2 is 2.25 bits per heavy atom. The first-order valence-corrected chi connectivity index (χ1v) is 4.03. The molecule has 12 heavy (non-hydrogen) atoms. The number of nitrogens with two attached hydrogens (primary N) is 1. The minimum absolute atomic E-state index is 0.379. The molecule has 0 aliphatic heterocycles. The number of aromatic nitrogens is 1. The third-order valence-corrected chi connectivity index (χ3v) is 1.75. The Morgan fingerprint density at radius 1 is 1.58 bits per heavy atom. The number of rotatable bonds is 2. The van der Waals surface area contributed by atoms with Crippen LogP contribution in [0.3, 0.4) is 0 Å². The van der Waals surface area contributed by atoms with Gasteiger partial charge in [-0.25, -0.2) is 0 Å². The Morgan fingerprint density at radius 3 is 2.67 bits per heavy atom. The average molecular weight is 162 g/mol. The molecule has 0 atom stereocenters. The first-order chi connectivity index (χ1) is 5.65. The fraction of sp³-hybridized carbons (Fsp3) is 0.300. The number of nitrogen functional groups attached to an aromatic ring is 1. The fourth-order valence-electron chi connectivity index (χ4n) is 1.10. The van der Waals surface area contributed by atoms with Crippen LogP contribution in [-0.2, 0) is 0 Å².